The van der Waals surface area contributed by atoms with Gasteiger partial charge in [0.05, 0.1) is 24.1 Å². The highest BCUT2D eigenvalue weighted by Gasteiger charge is 2.35. The molecule has 7 heteroatoms. The third-order valence-electron chi connectivity index (χ3n) is 5.29. The van der Waals surface area contributed by atoms with Gasteiger partial charge in [-0.2, -0.15) is 5.10 Å². The predicted octanol–water partition coefficient (Wildman–Crippen LogP) is 2.83. The average Bonchev–Trinajstić information content (AvgIpc) is 3.37. The van der Waals surface area contributed by atoms with Crippen LogP contribution in [-0.2, 0) is 21.4 Å². The minimum Gasteiger partial charge on any atom is -0.383 e. The van der Waals surface area contributed by atoms with Gasteiger partial charge in [0, 0.05) is 39.2 Å². The monoisotopic (exact) mass is 410 g/mol. The van der Waals surface area contributed by atoms with Gasteiger partial charge in [-0.05, 0) is 17.7 Å². The maximum atomic E-state index is 13.3. The van der Waals surface area contributed by atoms with E-state index in [1.807, 2.05) is 74.1 Å². The van der Waals surface area contributed by atoms with Gasteiger partial charge in [0.2, 0.25) is 5.91 Å². The van der Waals surface area contributed by atoms with E-state index in [9.17, 15) is 9.59 Å². The first-order chi connectivity index (χ1) is 14.4. The molecule has 1 aliphatic rings. The first-order valence-corrected chi connectivity index (χ1v) is 10.3. The summed E-state index contributed by atoms with van der Waals surface area (Å²) in [4.78, 5) is 27.5. The van der Waals surface area contributed by atoms with E-state index in [1.54, 1.807) is 17.0 Å². The molecule has 2 heterocycles. The van der Waals surface area contributed by atoms with Crippen LogP contribution in [0.25, 0.3) is 0 Å². The number of hydrogen-bond acceptors (Lipinski definition) is 4. The molecule has 3 rings (SSSR count). The molecule has 0 spiro atoms. The molecule has 160 valence electrons. The Labute approximate surface area is 177 Å². The highest BCUT2D eigenvalue weighted by molar-refractivity contribution is 6.02. The molecule has 1 unspecified atom stereocenters. The van der Waals surface area contributed by atoms with Crippen molar-refractivity contribution < 1.29 is 14.3 Å². The van der Waals surface area contributed by atoms with Gasteiger partial charge in [-0.1, -0.05) is 44.2 Å². The van der Waals surface area contributed by atoms with E-state index >= 15 is 0 Å². The molecular formula is C23H30N4O3. The Kier molecular flexibility index (Phi) is 7.05. The molecule has 2 amide bonds. The second-order valence-electron chi connectivity index (χ2n) is 7.83. The van der Waals surface area contributed by atoms with Crippen molar-refractivity contribution in [2.45, 2.75) is 26.3 Å². The molecule has 7 nitrogen and oxygen atoms in total. The lowest BCUT2D eigenvalue weighted by Crippen LogP contribution is -2.44. The van der Waals surface area contributed by atoms with Gasteiger partial charge in [-0.15, -0.1) is 0 Å². The number of amides is 2. The van der Waals surface area contributed by atoms with Gasteiger partial charge in [0.15, 0.2) is 0 Å². The molecule has 0 saturated carbocycles. The Hall–Kier alpha value is -2.93. The number of carbonyl (C=O) groups excluding carboxylic acids is 2. The van der Waals surface area contributed by atoms with Crippen molar-refractivity contribution in [3.05, 3.63) is 59.9 Å². The van der Waals surface area contributed by atoms with Gasteiger partial charge in [0.25, 0.3) is 5.91 Å². The number of methoxy groups -OCH3 is 1. The van der Waals surface area contributed by atoms with Crippen molar-refractivity contribution in [2.24, 2.45) is 18.1 Å². The number of carbonyl (C=O) groups is 2. The molecule has 0 bridgehead atoms. The molecule has 0 aliphatic carbocycles. The number of aryl methyl sites for hydroxylation is 1. The van der Waals surface area contributed by atoms with Crippen molar-refractivity contribution in [3.63, 3.8) is 0 Å². The largest absolute Gasteiger partial charge is 0.383 e. The van der Waals surface area contributed by atoms with E-state index in [0.717, 1.165) is 17.0 Å². The fourth-order valence-electron chi connectivity index (χ4n) is 3.66. The van der Waals surface area contributed by atoms with Crippen molar-refractivity contribution in [2.75, 3.05) is 26.8 Å². The number of benzene rings is 1. The molecule has 2 aromatic rings. The topological polar surface area (TPSA) is 67.1 Å². The summed E-state index contributed by atoms with van der Waals surface area (Å²) in [7, 11) is 3.55. The van der Waals surface area contributed by atoms with E-state index < -0.39 is 0 Å². The van der Waals surface area contributed by atoms with Crippen LogP contribution in [0.4, 0.5) is 0 Å². The van der Waals surface area contributed by atoms with Crippen LogP contribution in [0.1, 0.15) is 37.6 Å². The Balaban J connectivity index is 1.87. The first-order valence-electron chi connectivity index (χ1n) is 10.3. The lowest BCUT2D eigenvalue weighted by molar-refractivity contribution is -0.143. The molecule has 30 heavy (non-hydrogen) atoms. The second kappa shape index (κ2) is 9.71. The van der Waals surface area contributed by atoms with Crippen LogP contribution in [0.15, 0.2) is 53.8 Å². The third kappa shape index (κ3) is 4.79. The van der Waals surface area contributed by atoms with E-state index in [-0.39, 0.29) is 30.3 Å². The molecule has 1 atom stereocenters. The number of nitrogens with zero attached hydrogens (tertiary/aromatic N) is 4. The van der Waals surface area contributed by atoms with Gasteiger partial charge in [0.1, 0.15) is 6.54 Å². The maximum Gasteiger partial charge on any atom is 0.262 e. The quantitative estimate of drug-likeness (QED) is 0.672. The summed E-state index contributed by atoms with van der Waals surface area (Å²) in [6.45, 7) is 4.40. The number of hydrogen-bond donors (Lipinski definition) is 0. The standard InChI is InChI=1S/C23H30N4O3/c1-17(2)23(29)26(13-14-30-4)16-22(28)27-21(18-9-6-5-7-10-18)15-19(24-27)20-11-8-12-25(20)3/h5-12,17,21H,13-16H2,1-4H3. The molecule has 0 fully saturated rings. The zero-order valence-corrected chi connectivity index (χ0v) is 18.1. The average molecular weight is 411 g/mol. The van der Waals surface area contributed by atoms with E-state index in [2.05, 4.69) is 0 Å². The fraction of sp³-hybridized carbons (Fsp3) is 0.435. The van der Waals surface area contributed by atoms with Crippen molar-refractivity contribution in [1.29, 1.82) is 0 Å². The number of ether oxygens (including phenoxy) is 1. The van der Waals surface area contributed by atoms with Gasteiger partial charge < -0.3 is 14.2 Å². The van der Waals surface area contributed by atoms with Crippen LogP contribution < -0.4 is 0 Å². The summed E-state index contributed by atoms with van der Waals surface area (Å²) in [6.07, 6.45) is 2.59. The summed E-state index contributed by atoms with van der Waals surface area (Å²) < 4.78 is 7.13. The Morgan fingerprint density at radius 2 is 1.93 bits per heavy atom. The highest BCUT2D eigenvalue weighted by Crippen LogP contribution is 2.32. The number of rotatable bonds is 8. The molecule has 1 aliphatic heterocycles. The smallest absolute Gasteiger partial charge is 0.262 e. The molecule has 0 saturated heterocycles. The lowest BCUT2D eigenvalue weighted by atomic mass is 10.0. The minimum atomic E-state index is -0.196. The van der Waals surface area contributed by atoms with Crippen LogP contribution in [0.2, 0.25) is 0 Å². The normalized spacial score (nSPS) is 16.1. The Morgan fingerprint density at radius 1 is 1.20 bits per heavy atom. The molecule has 1 aromatic heterocycles. The van der Waals surface area contributed by atoms with Gasteiger partial charge in [-0.3, -0.25) is 9.59 Å². The molecular weight excluding hydrogens is 380 g/mol. The Bertz CT molecular complexity index is 904. The summed E-state index contributed by atoms with van der Waals surface area (Å²) >= 11 is 0. The molecule has 0 N–H and O–H groups in total. The highest BCUT2D eigenvalue weighted by atomic mass is 16.5. The van der Waals surface area contributed by atoms with Gasteiger partial charge >= 0.3 is 0 Å². The zero-order valence-electron chi connectivity index (χ0n) is 18.1. The van der Waals surface area contributed by atoms with E-state index in [0.29, 0.717) is 19.6 Å². The summed E-state index contributed by atoms with van der Waals surface area (Å²) in [6, 6.07) is 13.7. The van der Waals surface area contributed by atoms with E-state index in [4.69, 9.17) is 9.84 Å². The zero-order chi connectivity index (χ0) is 21.7. The van der Waals surface area contributed by atoms with Crippen LogP contribution in [-0.4, -0.2) is 58.8 Å². The fourth-order valence-corrected chi connectivity index (χ4v) is 3.66. The van der Waals surface area contributed by atoms with Crippen molar-refractivity contribution in [3.8, 4) is 0 Å². The van der Waals surface area contributed by atoms with Crippen LogP contribution in [0.5, 0.6) is 0 Å². The molecule has 1 aromatic carbocycles. The van der Waals surface area contributed by atoms with Gasteiger partial charge in [-0.25, -0.2) is 5.01 Å². The second-order valence-corrected chi connectivity index (χ2v) is 7.83. The number of aromatic nitrogens is 1. The summed E-state index contributed by atoms with van der Waals surface area (Å²) in [5.41, 5.74) is 2.88. The maximum absolute atomic E-state index is 13.3. The first kappa shape index (κ1) is 21.8. The van der Waals surface area contributed by atoms with E-state index in [1.165, 1.54) is 0 Å². The van der Waals surface area contributed by atoms with Crippen LogP contribution in [0, 0.1) is 5.92 Å². The minimum absolute atomic E-state index is 0.0202. The van der Waals surface area contributed by atoms with Crippen molar-refractivity contribution in [1.82, 2.24) is 14.5 Å². The van der Waals surface area contributed by atoms with Crippen LogP contribution in [0.3, 0.4) is 0 Å². The van der Waals surface area contributed by atoms with Crippen molar-refractivity contribution >= 4 is 17.5 Å². The molecule has 0 radical (unpaired) electrons. The summed E-state index contributed by atoms with van der Waals surface area (Å²) in [5, 5.41) is 6.24. The van der Waals surface area contributed by atoms with Crippen LogP contribution >= 0.6 is 0 Å². The number of hydrazone groups is 1. The Morgan fingerprint density at radius 3 is 2.53 bits per heavy atom. The predicted molar refractivity (Wildman–Crippen MR) is 116 cm³/mol. The summed E-state index contributed by atoms with van der Waals surface area (Å²) in [5.74, 6) is -0.457. The SMILES string of the molecule is COCCN(CC(=O)N1N=C(c2cccn2C)CC1c1ccccc1)C(=O)C(C)C. The third-order valence-corrected chi connectivity index (χ3v) is 5.29. The lowest BCUT2D eigenvalue weighted by Gasteiger charge is -2.28.